The van der Waals surface area contributed by atoms with Gasteiger partial charge in [-0.1, -0.05) is 60.7 Å². The molecule has 0 heterocycles. The second kappa shape index (κ2) is 5.12. The molecule has 2 rings (SSSR count). The second-order valence-electron chi connectivity index (χ2n) is 3.64. The number of carboxylic acid groups (broad SMARTS) is 1. The number of benzene rings is 2. The van der Waals surface area contributed by atoms with E-state index in [4.69, 9.17) is 0 Å². The summed E-state index contributed by atoms with van der Waals surface area (Å²) in [7, 11) is 0. The minimum Gasteiger partial charge on any atom is -0.545 e. The molecule has 0 amide bonds. The van der Waals surface area contributed by atoms with E-state index in [9.17, 15) is 9.90 Å². The third-order valence-corrected chi connectivity index (χ3v) is 2.43. The van der Waals surface area contributed by atoms with Gasteiger partial charge in [0.15, 0.2) is 0 Å². The van der Waals surface area contributed by atoms with E-state index < -0.39 is 5.97 Å². The Kier molecular flexibility index (Phi) is 3.36. The van der Waals surface area contributed by atoms with Crippen LogP contribution >= 0.6 is 0 Å². The lowest BCUT2D eigenvalue weighted by Crippen LogP contribution is -2.18. The normalized spacial score (nSPS) is 10.6. The smallest absolute Gasteiger partial charge is 0.0643 e. The van der Waals surface area contributed by atoms with Crippen LogP contribution < -0.4 is 5.11 Å². The number of aliphatic carboxylic acids is 1. The maximum absolute atomic E-state index is 10.3. The van der Waals surface area contributed by atoms with E-state index in [1.54, 1.807) is 0 Å². The summed E-state index contributed by atoms with van der Waals surface area (Å²) in [6.45, 7) is 0. The highest BCUT2D eigenvalue weighted by Gasteiger charge is 1.95. The molecule has 2 aromatic carbocycles. The number of carbonyl (C=O) groups is 1. The van der Waals surface area contributed by atoms with Gasteiger partial charge in [0, 0.05) is 0 Å². The Bertz CT molecular complexity index is 525. The lowest BCUT2D eigenvalue weighted by molar-refractivity contribution is -0.297. The zero-order chi connectivity index (χ0) is 12.1. The zero-order valence-corrected chi connectivity index (χ0v) is 9.17. The third kappa shape index (κ3) is 3.05. The summed E-state index contributed by atoms with van der Waals surface area (Å²) in [5, 5.41) is 10.3. The highest BCUT2D eigenvalue weighted by molar-refractivity contribution is 5.83. The number of carbonyl (C=O) groups excluding carboxylic acids is 1. The first-order valence-electron chi connectivity index (χ1n) is 5.30. The predicted molar refractivity (Wildman–Crippen MR) is 65.9 cm³/mol. The molecule has 0 aromatic heterocycles. The first-order chi connectivity index (χ1) is 8.25. The second-order valence-corrected chi connectivity index (χ2v) is 3.64. The summed E-state index contributed by atoms with van der Waals surface area (Å²) in [5.41, 5.74) is 3.09. The Morgan fingerprint density at radius 3 is 2.06 bits per heavy atom. The summed E-state index contributed by atoms with van der Waals surface area (Å²) in [5.74, 6) is -1.18. The van der Waals surface area contributed by atoms with Gasteiger partial charge < -0.3 is 9.90 Å². The lowest BCUT2D eigenvalue weighted by Gasteiger charge is -2.01. The van der Waals surface area contributed by atoms with Crippen molar-refractivity contribution in [3.8, 4) is 11.1 Å². The molecular weight excluding hydrogens is 212 g/mol. The van der Waals surface area contributed by atoms with Gasteiger partial charge in [-0.3, -0.25) is 0 Å². The molecule has 0 unspecified atom stereocenters. The molecule has 0 aliphatic heterocycles. The Morgan fingerprint density at radius 1 is 0.882 bits per heavy atom. The number of rotatable bonds is 3. The van der Waals surface area contributed by atoms with Crippen molar-refractivity contribution < 1.29 is 9.90 Å². The van der Waals surface area contributed by atoms with Crippen LogP contribution in [0.3, 0.4) is 0 Å². The molecule has 0 aliphatic carbocycles. The van der Waals surface area contributed by atoms with E-state index in [0.717, 1.165) is 22.8 Å². The van der Waals surface area contributed by atoms with Gasteiger partial charge in [-0.05, 0) is 22.8 Å². The van der Waals surface area contributed by atoms with Gasteiger partial charge in [0.1, 0.15) is 0 Å². The van der Waals surface area contributed by atoms with Gasteiger partial charge in [-0.25, -0.2) is 0 Å². The number of carboxylic acids is 1. The Labute approximate surface area is 99.8 Å². The number of hydrogen-bond donors (Lipinski definition) is 0. The van der Waals surface area contributed by atoms with E-state index in [1.165, 1.54) is 6.08 Å². The van der Waals surface area contributed by atoms with Crippen molar-refractivity contribution in [3.63, 3.8) is 0 Å². The van der Waals surface area contributed by atoms with Crippen molar-refractivity contribution in [3.05, 3.63) is 66.2 Å². The maximum Gasteiger partial charge on any atom is 0.0643 e. The van der Waals surface area contributed by atoms with Crippen LogP contribution in [0.4, 0.5) is 0 Å². The Balaban J connectivity index is 2.22. The zero-order valence-electron chi connectivity index (χ0n) is 9.17. The van der Waals surface area contributed by atoms with Crippen molar-refractivity contribution in [1.29, 1.82) is 0 Å². The first kappa shape index (κ1) is 11.1. The standard InChI is InChI=1S/C15H12O2/c16-15(17)11-8-12-6-9-14(10-7-12)13-4-2-1-3-5-13/h1-11H,(H,16,17)/p-1/b11-8+. The van der Waals surface area contributed by atoms with Gasteiger partial charge in [0.2, 0.25) is 0 Å². The van der Waals surface area contributed by atoms with Crippen LogP contribution in [0.1, 0.15) is 5.56 Å². The van der Waals surface area contributed by atoms with Crippen LogP contribution in [-0.2, 0) is 4.79 Å². The average molecular weight is 223 g/mol. The van der Waals surface area contributed by atoms with Crippen LogP contribution in [0, 0.1) is 0 Å². The van der Waals surface area contributed by atoms with Crippen molar-refractivity contribution in [2.75, 3.05) is 0 Å². The first-order valence-corrected chi connectivity index (χ1v) is 5.30. The summed E-state index contributed by atoms with van der Waals surface area (Å²) >= 11 is 0. The van der Waals surface area contributed by atoms with Crippen LogP contribution in [0.25, 0.3) is 17.2 Å². The van der Waals surface area contributed by atoms with E-state index >= 15 is 0 Å². The van der Waals surface area contributed by atoms with Crippen molar-refractivity contribution in [2.45, 2.75) is 0 Å². The lowest BCUT2D eigenvalue weighted by atomic mass is 10.0. The molecular formula is C15H11O2-. The van der Waals surface area contributed by atoms with Crippen molar-refractivity contribution in [1.82, 2.24) is 0 Å². The summed E-state index contributed by atoms with van der Waals surface area (Å²) in [6.07, 6.45) is 2.54. The van der Waals surface area contributed by atoms with Gasteiger partial charge in [-0.2, -0.15) is 0 Å². The molecule has 0 fully saturated rings. The van der Waals surface area contributed by atoms with Crippen LogP contribution in [-0.4, -0.2) is 5.97 Å². The topological polar surface area (TPSA) is 40.1 Å². The molecule has 0 bridgehead atoms. The molecule has 84 valence electrons. The molecule has 17 heavy (non-hydrogen) atoms. The van der Waals surface area contributed by atoms with Gasteiger partial charge in [0.05, 0.1) is 5.97 Å². The minimum absolute atomic E-state index is 0.842. The summed E-state index contributed by atoms with van der Waals surface area (Å²) in [4.78, 5) is 10.3. The highest BCUT2D eigenvalue weighted by Crippen LogP contribution is 2.19. The molecule has 0 saturated carbocycles. The number of hydrogen-bond acceptors (Lipinski definition) is 2. The SMILES string of the molecule is O=C([O-])/C=C/c1ccc(-c2ccccc2)cc1. The van der Waals surface area contributed by atoms with Gasteiger partial charge in [-0.15, -0.1) is 0 Å². The largest absolute Gasteiger partial charge is 0.545 e. The third-order valence-electron chi connectivity index (χ3n) is 2.43. The molecule has 0 radical (unpaired) electrons. The fraction of sp³-hybridized carbons (Fsp3) is 0. The highest BCUT2D eigenvalue weighted by atomic mass is 16.4. The molecule has 2 aromatic rings. The van der Waals surface area contributed by atoms with E-state index in [2.05, 4.69) is 0 Å². The van der Waals surface area contributed by atoms with Crippen molar-refractivity contribution >= 4 is 12.0 Å². The van der Waals surface area contributed by atoms with Crippen molar-refractivity contribution in [2.24, 2.45) is 0 Å². The quantitative estimate of drug-likeness (QED) is 0.748. The maximum atomic E-state index is 10.3. The van der Waals surface area contributed by atoms with Gasteiger partial charge >= 0.3 is 0 Å². The fourth-order valence-electron chi connectivity index (χ4n) is 1.58. The van der Waals surface area contributed by atoms with Gasteiger partial charge in [0.25, 0.3) is 0 Å². The minimum atomic E-state index is -1.18. The molecule has 0 N–H and O–H groups in total. The van der Waals surface area contributed by atoms with Crippen LogP contribution in [0.15, 0.2) is 60.7 Å². The predicted octanol–water partition coefficient (Wildman–Crippen LogP) is 2.12. The Morgan fingerprint density at radius 2 is 1.47 bits per heavy atom. The Hall–Kier alpha value is -2.35. The summed E-state index contributed by atoms with van der Waals surface area (Å²) in [6, 6.07) is 17.7. The summed E-state index contributed by atoms with van der Waals surface area (Å²) < 4.78 is 0. The molecule has 0 saturated heterocycles. The van der Waals surface area contributed by atoms with E-state index in [1.807, 2.05) is 54.6 Å². The molecule has 2 heteroatoms. The van der Waals surface area contributed by atoms with E-state index in [0.29, 0.717) is 0 Å². The molecule has 0 aliphatic rings. The molecule has 0 atom stereocenters. The van der Waals surface area contributed by atoms with Crippen LogP contribution in [0.2, 0.25) is 0 Å². The molecule has 0 spiro atoms. The fourth-order valence-corrected chi connectivity index (χ4v) is 1.58. The van der Waals surface area contributed by atoms with Crippen LogP contribution in [0.5, 0.6) is 0 Å². The van der Waals surface area contributed by atoms with E-state index in [-0.39, 0.29) is 0 Å². The average Bonchev–Trinajstić information content (AvgIpc) is 2.38. The monoisotopic (exact) mass is 223 g/mol. The molecule has 2 nitrogen and oxygen atoms in total.